The summed E-state index contributed by atoms with van der Waals surface area (Å²) < 4.78 is 7.39. The average molecular weight is 275 g/mol. The van der Waals surface area contributed by atoms with Crippen molar-refractivity contribution in [2.75, 3.05) is 0 Å². The molecule has 19 heavy (non-hydrogen) atoms. The Morgan fingerprint density at radius 2 is 2.05 bits per heavy atom. The molecule has 0 radical (unpaired) electrons. The van der Waals surface area contributed by atoms with Crippen LogP contribution in [-0.2, 0) is 0 Å². The molecule has 3 rings (SSSR count). The third-order valence-corrected chi connectivity index (χ3v) is 2.94. The predicted molar refractivity (Wildman–Crippen MR) is 71.8 cm³/mol. The summed E-state index contributed by atoms with van der Waals surface area (Å²) in [4.78, 5) is 8.05. The van der Waals surface area contributed by atoms with Gasteiger partial charge in [-0.1, -0.05) is 23.7 Å². The average Bonchev–Trinajstić information content (AvgIpc) is 2.82. The number of nitrogens with zero attached hydrogens (tertiary/aromatic N) is 4. The lowest BCUT2D eigenvalue weighted by molar-refractivity contribution is 0.442. The second-order valence-corrected chi connectivity index (χ2v) is 4.65. The van der Waals surface area contributed by atoms with Crippen LogP contribution in [0.4, 0.5) is 0 Å². The molecule has 96 valence electrons. The molecule has 0 aliphatic heterocycles. The van der Waals surface area contributed by atoms with Crippen LogP contribution in [0.3, 0.4) is 0 Å². The van der Waals surface area contributed by atoms with Crippen LogP contribution in [0, 0.1) is 13.8 Å². The van der Waals surface area contributed by atoms with E-state index >= 15 is 0 Å². The molecular weight excluding hydrogens is 264 g/mol. The monoisotopic (exact) mass is 274 g/mol. The van der Waals surface area contributed by atoms with E-state index in [1.54, 1.807) is 6.07 Å². The molecule has 0 amide bonds. The van der Waals surface area contributed by atoms with Gasteiger partial charge in [-0.3, -0.25) is 0 Å². The number of hydrogen-bond acceptors (Lipinski definition) is 4. The summed E-state index contributed by atoms with van der Waals surface area (Å²) in [6, 6.07) is 7.62. The number of rotatable bonds is 2. The van der Waals surface area contributed by atoms with Crippen LogP contribution in [0.2, 0.25) is 5.15 Å². The highest BCUT2D eigenvalue weighted by Gasteiger charge is 2.10. The fourth-order valence-corrected chi connectivity index (χ4v) is 1.93. The summed E-state index contributed by atoms with van der Waals surface area (Å²) in [5.41, 5.74) is 2.15. The minimum absolute atomic E-state index is 0.320. The summed E-state index contributed by atoms with van der Waals surface area (Å²) in [6.45, 7) is 3.99. The van der Waals surface area contributed by atoms with Gasteiger partial charge >= 0.3 is 0 Å². The highest BCUT2D eigenvalue weighted by molar-refractivity contribution is 6.29. The summed E-state index contributed by atoms with van der Waals surface area (Å²) >= 11 is 5.95. The second-order valence-electron chi connectivity index (χ2n) is 4.26. The molecule has 0 spiro atoms. The molecular formula is C13H11ClN4O. The van der Waals surface area contributed by atoms with E-state index in [9.17, 15) is 0 Å². The number of halogens is 1. The molecule has 0 atom stereocenters. The van der Waals surface area contributed by atoms with Gasteiger partial charge in [0.05, 0.1) is 0 Å². The molecule has 0 aliphatic rings. The van der Waals surface area contributed by atoms with Gasteiger partial charge in [-0.2, -0.15) is 19.6 Å². The lowest BCUT2D eigenvalue weighted by Gasteiger charge is -2.10. The zero-order valence-electron chi connectivity index (χ0n) is 10.5. The first kappa shape index (κ1) is 11.9. The van der Waals surface area contributed by atoms with Crippen LogP contribution in [0.25, 0.3) is 5.78 Å². The maximum Gasteiger partial charge on any atom is 0.256 e. The molecule has 0 saturated heterocycles. The van der Waals surface area contributed by atoms with E-state index in [-0.39, 0.29) is 0 Å². The van der Waals surface area contributed by atoms with Gasteiger partial charge in [0.2, 0.25) is 5.88 Å². The van der Waals surface area contributed by atoms with Gasteiger partial charge in [-0.25, -0.2) is 0 Å². The molecule has 0 aliphatic carbocycles. The Labute approximate surface area is 114 Å². The summed E-state index contributed by atoms with van der Waals surface area (Å²) in [6.07, 6.45) is 1.41. The number of ether oxygens (including phenoxy) is 1. The number of fused-ring (bicyclic) bond motifs is 1. The maximum absolute atomic E-state index is 5.95. The quantitative estimate of drug-likeness (QED) is 0.674. The number of hydrogen-bond donors (Lipinski definition) is 0. The number of aryl methyl sites for hydroxylation is 2. The van der Waals surface area contributed by atoms with Crippen molar-refractivity contribution in [2.24, 2.45) is 0 Å². The van der Waals surface area contributed by atoms with E-state index in [1.165, 1.54) is 10.8 Å². The van der Waals surface area contributed by atoms with E-state index < -0.39 is 0 Å². The van der Waals surface area contributed by atoms with Gasteiger partial charge in [0, 0.05) is 6.07 Å². The zero-order valence-corrected chi connectivity index (χ0v) is 11.2. The van der Waals surface area contributed by atoms with Crippen molar-refractivity contribution >= 4 is 17.4 Å². The first-order valence-corrected chi connectivity index (χ1v) is 6.13. The van der Waals surface area contributed by atoms with Crippen LogP contribution in [0.15, 0.2) is 30.6 Å². The van der Waals surface area contributed by atoms with Crippen LogP contribution in [-0.4, -0.2) is 19.6 Å². The highest BCUT2D eigenvalue weighted by Crippen LogP contribution is 2.27. The highest BCUT2D eigenvalue weighted by atomic mass is 35.5. The van der Waals surface area contributed by atoms with Gasteiger partial charge in [-0.15, -0.1) is 0 Å². The molecule has 2 heterocycles. The Bertz CT molecular complexity index is 753. The molecule has 5 nitrogen and oxygen atoms in total. The lowest BCUT2D eigenvalue weighted by atomic mass is 10.1. The van der Waals surface area contributed by atoms with Gasteiger partial charge < -0.3 is 4.74 Å². The number of benzene rings is 1. The molecule has 2 aromatic heterocycles. The van der Waals surface area contributed by atoms with Crippen LogP contribution in [0.5, 0.6) is 11.6 Å². The van der Waals surface area contributed by atoms with Crippen molar-refractivity contribution in [1.29, 1.82) is 0 Å². The molecule has 0 fully saturated rings. The second kappa shape index (κ2) is 4.51. The van der Waals surface area contributed by atoms with Gasteiger partial charge in [0.1, 0.15) is 17.2 Å². The third-order valence-electron chi connectivity index (χ3n) is 2.75. The minimum Gasteiger partial charge on any atom is -0.438 e. The normalized spacial score (nSPS) is 10.9. The van der Waals surface area contributed by atoms with E-state index in [2.05, 4.69) is 15.1 Å². The molecule has 0 unspecified atom stereocenters. The van der Waals surface area contributed by atoms with Gasteiger partial charge in [0.15, 0.2) is 0 Å². The largest absolute Gasteiger partial charge is 0.438 e. The van der Waals surface area contributed by atoms with Gasteiger partial charge in [-0.05, 0) is 31.0 Å². The van der Waals surface area contributed by atoms with Crippen molar-refractivity contribution < 1.29 is 4.74 Å². The summed E-state index contributed by atoms with van der Waals surface area (Å²) in [5.74, 6) is 1.66. The predicted octanol–water partition coefficient (Wildman–Crippen LogP) is 3.19. The van der Waals surface area contributed by atoms with E-state index in [1.807, 2.05) is 32.0 Å². The maximum atomic E-state index is 5.95. The summed E-state index contributed by atoms with van der Waals surface area (Å²) in [7, 11) is 0. The fourth-order valence-electron chi connectivity index (χ4n) is 1.76. The molecule has 1 aromatic carbocycles. The number of aromatic nitrogens is 4. The Morgan fingerprint density at radius 3 is 2.89 bits per heavy atom. The fraction of sp³-hybridized carbons (Fsp3) is 0.154. The standard InChI is InChI=1S/C13H11ClN4O/c1-8-3-4-9(2)10(5-8)19-12-6-11(14)17-13-15-7-16-18(12)13/h3-7H,1-2H3. The summed E-state index contributed by atoms with van der Waals surface area (Å²) in [5, 5.41) is 4.39. The lowest BCUT2D eigenvalue weighted by Crippen LogP contribution is -1.99. The van der Waals surface area contributed by atoms with Crippen molar-refractivity contribution in [2.45, 2.75) is 13.8 Å². The SMILES string of the molecule is Cc1ccc(C)c(Oc2cc(Cl)nc3ncnn23)c1. The molecule has 0 saturated carbocycles. The molecule has 3 aromatic rings. The van der Waals surface area contributed by atoms with Crippen molar-refractivity contribution in [3.8, 4) is 11.6 Å². The van der Waals surface area contributed by atoms with Crippen molar-refractivity contribution in [1.82, 2.24) is 19.6 Å². The zero-order chi connectivity index (χ0) is 13.4. The topological polar surface area (TPSA) is 52.3 Å². The molecule has 0 bridgehead atoms. The third kappa shape index (κ3) is 2.24. The van der Waals surface area contributed by atoms with Crippen LogP contribution < -0.4 is 4.74 Å². The van der Waals surface area contributed by atoms with E-state index in [4.69, 9.17) is 16.3 Å². The smallest absolute Gasteiger partial charge is 0.256 e. The van der Waals surface area contributed by atoms with Crippen molar-refractivity contribution in [3.63, 3.8) is 0 Å². The first-order chi connectivity index (χ1) is 9.13. The Hall–Kier alpha value is -2.14. The molecule has 6 heteroatoms. The van der Waals surface area contributed by atoms with E-state index in [0.29, 0.717) is 16.8 Å². The Balaban J connectivity index is 2.10. The Kier molecular flexibility index (Phi) is 2.83. The van der Waals surface area contributed by atoms with Crippen LogP contribution in [0.1, 0.15) is 11.1 Å². The molecule has 0 N–H and O–H groups in total. The van der Waals surface area contributed by atoms with Gasteiger partial charge in [0.25, 0.3) is 5.78 Å². The van der Waals surface area contributed by atoms with Crippen LogP contribution >= 0.6 is 11.6 Å². The first-order valence-electron chi connectivity index (χ1n) is 5.75. The minimum atomic E-state index is 0.320. The Morgan fingerprint density at radius 1 is 1.21 bits per heavy atom. The van der Waals surface area contributed by atoms with E-state index in [0.717, 1.165) is 16.9 Å². The van der Waals surface area contributed by atoms with Crippen molar-refractivity contribution in [3.05, 3.63) is 46.9 Å².